The van der Waals surface area contributed by atoms with Crippen molar-refractivity contribution in [2.45, 2.75) is 12.1 Å². The van der Waals surface area contributed by atoms with Gasteiger partial charge in [-0.3, -0.25) is 14.2 Å². The zero-order chi connectivity index (χ0) is 22.0. The van der Waals surface area contributed by atoms with Gasteiger partial charge in [-0.05, 0) is 48.2 Å². The third-order valence-corrected chi connectivity index (χ3v) is 6.65. The predicted octanol–water partition coefficient (Wildman–Crippen LogP) is 5.15. The number of fused-ring (bicyclic) bond motifs is 1. The van der Waals surface area contributed by atoms with Gasteiger partial charge in [-0.2, -0.15) is 0 Å². The van der Waals surface area contributed by atoms with Gasteiger partial charge in [0.05, 0.1) is 34.8 Å². The number of hydrogen-bond acceptors (Lipinski definition) is 6. The normalized spacial score (nSPS) is 10.9. The van der Waals surface area contributed by atoms with Crippen LogP contribution in [0.3, 0.4) is 0 Å². The number of thioether (sulfide) groups is 1. The number of aryl methyl sites for hydroxylation is 1. The summed E-state index contributed by atoms with van der Waals surface area (Å²) in [5.74, 6) is 0.401. The van der Waals surface area contributed by atoms with Crippen molar-refractivity contribution in [3.8, 4) is 11.4 Å². The van der Waals surface area contributed by atoms with Crippen LogP contribution in [-0.2, 0) is 4.79 Å². The van der Waals surface area contributed by atoms with Crippen molar-refractivity contribution in [1.82, 2.24) is 9.55 Å². The zero-order valence-electron chi connectivity index (χ0n) is 16.7. The number of nitrogens with zero attached hydrogens (tertiary/aromatic N) is 2. The smallest absolute Gasteiger partial charge is 0.276 e. The summed E-state index contributed by atoms with van der Waals surface area (Å²) in [5, 5.41) is 5.51. The molecular formula is C22H18ClN3O3S2. The highest BCUT2D eigenvalue weighted by molar-refractivity contribution is 7.99. The molecule has 2 heterocycles. The molecule has 0 saturated heterocycles. The zero-order valence-corrected chi connectivity index (χ0v) is 19.1. The van der Waals surface area contributed by atoms with E-state index in [0.29, 0.717) is 37.5 Å². The summed E-state index contributed by atoms with van der Waals surface area (Å²) >= 11 is 8.86. The summed E-state index contributed by atoms with van der Waals surface area (Å²) in [6.45, 7) is 1.94. The second-order valence-electron chi connectivity index (χ2n) is 6.66. The lowest BCUT2D eigenvalue weighted by molar-refractivity contribution is -0.113. The van der Waals surface area contributed by atoms with Gasteiger partial charge in [-0.25, -0.2) is 4.98 Å². The van der Waals surface area contributed by atoms with E-state index in [1.807, 2.05) is 24.4 Å². The molecule has 1 N–H and O–H groups in total. The van der Waals surface area contributed by atoms with E-state index in [2.05, 4.69) is 10.3 Å². The van der Waals surface area contributed by atoms with Crippen molar-refractivity contribution in [2.75, 3.05) is 18.2 Å². The molecule has 0 unspecified atom stereocenters. The number of para-hydroxylation sites is 1. The van der Waals surface area contributed by atoms with Crippen LogP contribution in [0.1, 0.15) is 5.56 Å². The predicted molar refractivity (Wildman–Crippen MR) is 127 cm³/mol. The first kappa shape index (κ1) is 21.4. The Kier molecular flexibility index (Phi) is 6.31. The van der Waals surface area contributed by atoms with Gasteiger partial charge in [-0.1, -0.05) is 41.6 Å². The van der Waals surface area contributed by atoms with Crippen LogP contribution in [0.5, 0.6) is 5.75 Å². The van der Waals surface area contributed by atoms with E-state index in [9.17, 15) is 9.59 Å². The minimum absolute atomic E-state index is 0.0592. The first-order valence-electron chi connectivity index (χ1n) is 9.30. The first-order chi connectivity index (χ1) is 15.0. The van der Waals surface area contributed by atoms with Crippen molar-refractivity contribution in [3.63, 3.8) is 0 Å². The van der Waals surface area contributed by atoms with Crippen LogP contribution in [0, 0.1) is 6.92 Å². The van der Waals surface area contributed by atoms with Crippen LogP contribution < -0.4 is 15.6 Å². The van der Waals surface area contributed by atoms with Crippen LogP contribution >= 0.6 is 34.7 Å². The maximum atomic E-state index is 13.2. The van der Waals surface area contributed by atoms with Crippen molar-refractivity contribution in [1.29, 1.82) is 0 Å². The Hall–Kier alpha value is -2.81. The fourth-order valence-electron chi connectivity index (χ4n) is 3.07. The van der Waals surface area contributed by atoms with Gasteiger partial charge in [-0.15, -0.1) is 11.3 Å². The first-order valence-corrected chi connectivity index (χ1v) is 11.5. The Morgan fingerprint density at radius 3 is 2.84 bits per heavy atom. The standard InChI is InChI=1S/C22H18ClN3O3S2/c1-13-7-8-18(29-2)16(11-13)24-19(27)12-31-22-25-15-9-10-30-20(15)21(28)26(22)17-6-4-3-5-14(17)23/h3-11H,12H2,1-2H3,(H,24,27). The van der Waals surface area contributed by atoms with Gasteiger partial charge in [0.15, 0.2) is 5.16 Å². The van der Waals surface area contributed by atoms with Crippen molar-refractivity contribution >= 4 is 56.5 Å². The summed E-state index contributed by atoms with van der Waals surface area (Å²) in [6.07, 6.45) is 0. The number of amides is 1. The number of aromatic nitrogens is 2. The summed E-state index contributed by atoms with van der Waals surface area (Å²) in [4.78, 5) is 30.4. The Morgan fingerprint density at radius 1 is 1.26 bits per heavy atom. The van der Waals surface area contributed by atoms with E-state index in [0.717, 1.165) is 5.56 Å². The highest BCUT2D eigenvalue weighted by Gasteiger charge is 2.17. The molecule has 0 radical (unpaired) electrons. The summed E-state index contributed by atoms with van der Waals surface area (Å²) in [7, 11) is 1.55. The van der Waals surface area contributed by atoms with Crippen LogP contribution in [0.25, 0.3) is 15.9 Å². The van der Waals surface area contributed by atoms with Gasteiger partial charge >= 0.3 is 0 Å². The van der Waals surface area contributed by atoms with E-state index in [-0.39, 0.29) is 17.2 Å². The molecule has 4 aromatic rings. The largest absolute Gasteiger partial charge is 0.495 e. The minimum Gasteiger partial charge on any atom is -0.495 e. The topological polar surface area (TPSA) is 73.2 Å². The van der Waals surface area contributed by atoms with Crippen LogP contribution in [0.2, 0.25) is 5.02 Å². The molecule has 0 spiro atoms. The molecule has 0 bridgehead atoms. The number of carbonyl (C=O) groups is 1. The number of halogens is 1. The number of anilines is 1. The number of thiophene rings is 1. The fourth-order valence-corrected chi connectivity index (χ4v) is 4.86. The van der Waals surface area contributed by atoms with E-state index in [1.54, 1.807) is 43.5 Å². The molecule has 9 heteroatoms. The highest BCUT2D eigenvalue weighted by atomic mass is 35.5. The van der Waals surface area contributed by atoms with Crippen molar-refractivity contribution < 1.29 is 9.53 Å². The molecule has 0 aliphatic carbocycles. The van der Waals surface area contributed by atoms with Gasteiger partial charge in [0.2, 0.25) is 5.91 Å². The quantitative estimate of drug-likeness (QED) is 0.311. The van der Waals surface area contributed by atoms with Crippen LogP contribution in [0.15, 0.2) is 63.9 Å². The molecule has 6 nitrogen and oxygen atoms in total. The second kappa shape index (κ2) is 9.13. The molecule has 0 fully saturated rings. The lowest BCUT2D eigenvalue weighted by Gasteiger charge is -2.14. The number of nitrogens with one attached hydrogen (secondary N) is 1. The third kappa shape index (κ3) is 4.46. The molecule has 2 aromatic heterocycles. The molecule has 0 atom stereocenters. The van der Waals surface area contributed by atoms with E-state index in [1.165, 1.54) is 27.7 Å². The summed E-state index contributed by atoms with van der Waals surface area (Å²) in [5.41, 5.74) is 2.51. The number of methoxy groups -OCH3 is 1. The molecule has 0 aliphatic heterocycles. The Morgan fingerprint density at radius 2 is 2.06 bits per heavy atom. The maximum Gasteiger partial charge on any atom is 0.276 e. The molecule has 0 saturated carbocycles. The highest BCUT2D eigenvalue weighted by Crippen LogP contribution is 2.28. The SMILES string of the molecule is COc1ccc(C)cc1NC(=O)CSc1nc2ccsc2c(=O)n1-c1ccccc1Cl. The lowest BCUT2D eigenvalue weighted by Crippen LogP contribution is -2.22. The van der Waals surface area contributed by atoms with Crippen LogP contribution in [-0.4, -0.2) is 28.3 Å². The number of carbonyl (C=O) groups excluding carboxylic acids is 1. The average Bonchev–Trinajstić information content (AvgIpc) is 3.22. The Balaban J connectivity index is 1.65. The lowest BCUT2D eigenvalue weighted by atomic mass is 10.2. The van der Waals surface area contributed by atoms with Gasteiger partial charge < -0.3 is 10.1 Å². The number of rotatable bonds is 6. The van der Waals surface area contributed by atoms with E-state index < -0.39 is 0 Å². The Bertz CT molecular complexity index is 1330. The average molecular weight is 472 g/mol. The van der Waals surface area contributed by atoms with E-state index >= 15 is 0 Å². The number of hydrogen-bond donors (Lipinski definition) is 1. The minimum atomic E-state index is -0.237. The van der Waals surface area contributed by atoms with Gasteiger partial charge in [0.1, 0.15) is 10.4 Å². The monoisotopic (exact) mass is 471 g/mol. The maximum absolute atomic E-state index is 13.2. The molecule has 2 aromatic carbocycles. The van der Waals surface area contributed by atoms with Crippen LogP contribution in [0.4, 0.5) is 5.69 Å². The summed E-state index contributed by atoms with van der Waals surface area (Å²) in [6, 6.07) is 14.4. The van der Waals surface area contributed by atoms with Gasteiger partial charge in [0, 0.05) is 0 Å². The number of ether oxygens (including phenoxy) is 1. The van der Waals surface area contributed by atoms with Gasteiger partial charge in [0.25, 0.3) is 5.56 Å². The Labute approximate surface area is 191 Å². The molecule has 4 rings (SSSR count). The molecule has 31 heavy (non-hydrogen) atoms. The molecule has 0 aliphatic rings. The van der Waals surface area contributed by atoms with Crippen molar-refractivity contribution in [2.24, 2.45) is 0 Å². The molecule has 1 amide bonds. The second-order valence-corrected chi connectivity index (χ2v) is 8.93. The summed E-state index contributed by atoms with van der Waals surface area (Å²) < 4.78 is 7.32. The fraction of sp³-hybridized carbons (Fsp3) is 0.136. The van der Waals surface area contributed by atoms with Crippen molar-refractivity contribution in [3.05, 3.63) is 74.9 Å². The molecule has 158 valence electrons. The molecular weight excluding hydrogens is 454 g/mol. The third-order valence-electron chi connectivity index (χ3n) is 4.50. The van der Waals surface area contributed by atoms with E-state index in [4.69, 9.17) is 16.3 Å². The number of benzene rings is 2.